The van der Waals surface area contributed by atoms with Crippen LogP contribution in [-0.4, -0.2) is 28.2 Å². The highest BCUT2D eigenvalue weighted by atomic mass is 16.5. The maximum Gasteiger partial charge on any atom is 0.631 e. The van der Waals surface area contributed by atoms with E-state index in [0.29, 0.717) is 5.78 Å². The van der Waals surface area contributed by atoms with Gasteiger partial charge >= 0.3 is 7.32 Å². The molecule has 0 spiro atoms. The van der Waals surface area contributed by atoms with Crippen LogP contribution in [-0.2, 0) is 4.79 Å². The first kappa shape index (κ1) is 9.61. The van der Waals surface area contributed by atoms with Crippen LogP contribution < -0.4 is 0 Å². The number of Topliss-reactive ketones (excluding diaryl/α,β-unsaturated/α-hetero) is 1. The summed E-state index contributed by atoms with van der Waals surface area (Å²) in [7, 11) is -2.17. The number of carbonyl (C=O) groups is 1. The van der Waals surface area contributed by atoms with Crippen LogP contribution in [0.3, 0.4) is 0 Å². The monoisotopic (exact) mass is 146 g/mol. The molecule has 0 aromatic heterocycles. The second-order valence-electron chi connectivity index (χ2n) is 2.09. The van der Waals surface area contributed by atoms with Crippen LogP contribution in [0.5, 0.6) is 0 Å². The first-order valence-electron chi connectivity index (χ1n) is 3.19. The lowest BCUT2D eigenvalue weighted by molar-refractivity contribution is -0.117. The highest BCUT2D eigenvalue weighted by Gasteiger charge is 2.07. The maximum absolute atomic E-state index is 10.2. The molecule has 0 radical (unpaired) electrons. The molecular weight excluding hydrogens is 135 g/mol. The van der Waals surface area contributed by atoms with E-state index in [1.165, 1.54) is 0 Å². The lowest BCUT2D eigenvalue weighted by Gasteiger charge is -1.71. The molecule has 5 heteroatoms. The van der Waals surface area contributed by atoms with Gasteiger partial charge in [0.1, 0.15) is 5.78 Å². The van der Waals surface area contributed by atoms with Crippen LogP contribution in [0.2, 0.25) is 0 Å². The predicted molar refractivity (Wildman–Crippen MR) is 35.9 cm³/mol. The molecule has 1 aliphatic carbocycles. The Morgan fingerprint density at radius 1 is 1.10 bits per heavy atom. The zero-order valence-electron chi connectivity index (χ0n) is 5.66. The van der Waals surface area contributed by atoms with E-state index in [1.54, 1.807) is 0 Å². The summed E-state index contributed by atoms with van der Waals surface area (Å²) < 4.78 is 0. The summed E-state index contributed by atoms with van der Waals surface area (Å²) in [5, 5.41) is 21.5. The molecule has 58 valence electrons. The summed E-state index contributed by atoms with van der Waals surface area (Å²) in [4.78, 5) is 10.2. The van der Waals surface area contributed by atoms with Gasteiger partial charge in [-0.1, -0.05) is 0 Å². The van der Waals surface area contributed by atoms with Crippen LogP contribution in [0.1, 0.15) is 25.7 Å². The summed E-state index contributed by atoms with van der Waals surface area (Å²) >= 11 is 0. The molecule has 0 amide bonds. The van der Waals surface area contributed by atoms with Crippen LogP contribution in [0.25, 0.3) is 0 Å². The first-order chi connectivity index (χ1) is 4.63. The van der Waals surface area contributed by atoms with E-state index in [9.17, 15) is 4.79 Å². The van der Waals surface area contributed by atoms with Crippen LogP contribution in [0.4, 0.5) is 0 Å². The molecule has 0 bridgehead atoms. The molecule has 0 saturated heterocycles. The number of rotatable bonds is 0. The minimum Gasteiger partial charge on any atom is -0.402 e. The minimum atomic E-state index is -2.17. The Bertz CT molecular complexity index is 93.1. The number of carbonyl (C=O) groups excluding carboxylic acids is 1. The Morgan fingerprint density at radius 3 is 1.50 bits per heavy atom. The summed E-state index contributed by atoms with van der Waals surface area (Å²) in [5.74, 6) is 0.454. The molecule has 0 aromatic rings. The smallest absolute Gasteiger partial charge is 0.402 e. The van der Waals surface area contributed by atoms with Gasteiger partial charge in [-0.25, -0.2) is 0 Å². The molecule has 0 aromatic carbocycles. The van der Waals surface area contributed by atoms with Gasteiger partial charge in [-0.2, -0.15) is 0 Å². The van der Waals surface area contributed by atoms with Crippen molar-refractivity contribution >= 4 is 13.1 Å². The van der Waals surface area contributed by atoms with E-state index in [-0.39, 0.29) is 0 Å². The molecule has 0 aliphatic heterocycles. The minimum absolute atomic E-state index is 0.454. The van der Waals surface area contributed by atoms with Gasteiger partial charge in [0.2, 0.25) is 0 Å². The van der Waals surface area contributed by atoms with E-state index < -0.39 is 7.32 Å². The highest BCUT2D eigenvalue weighted by molar-refractivity contribution is 6.30. The molecule has 1 rings (SSSR count). The van der Waals surface area contributed by atoms with Gasteiger partial charge in [-0.3, -0.25) is 4.79 Å². The lowest BCUT2D eigenvalue weighted by Crippen LogP contribution is -2.07. The Kier molecular flexibility index (Phi) is 5.20. The van der Waals surface area contributed by atoms with E-state index in [1.807, 2.05) is 0 Å². The number of hydrogen-bond donors (Lipinski definition) is 3. The van der Waals surface area contributed by atoms with Gasteiger partial charge in [-0.05, 0) is 12.8 Å². The van der Waals surface area contributed by atoms with Crippen molar-refractivity contribution < 1.29 is 19.9 Å². The van der Waals surface area contributed by atoms with Crippen molar-refractivity contribution in [3.05, 3.63) is 0 Å². The van der Waals surface area contributed by atoms with Crippen molar-refractivity contribution in [1.82, 2.24) is 0 Å². The second-order valence-corrected chi connectivity index (χ2v) is 2.09. The van der Waals surface area contributed by atoms with E-state index in [4.69, 9.17) is 15.1 Å². The van der Waals surface area contributed by atoms with Crippen molar-refractivity contribution in [1.29, 1.82) is 0 Å². The average molecular weight is 146 g/mol. The van der Waals surface area contributed by atoms with Gasteiger partial charge < -0.3 is 15.1 Å². The standard InChI is InChI=1S/C5H8O.BH3O3/c6-5-3-1-2-4-5;2-1(3)4/h1-4H2;2-4H. The topological polar surface area (TPSA) is 77.8 Å². The fourth-order valence-corrected chi connectivity index (χ4v) is 0.769. The number of hydrogen-bond acceptors (Lipinski definition) is 4. The fraction of sp³-hybridized carbons (Fsp3) is 0.800. The zero-order chi connectivity index (χ0) is 7.98. The lowest BCUT2D eigenvalue weighted by atomic mass is 10.3. The molecule has 4 nitrogen and oxygen atoms in total. The highest BCUT2D eigenvalue weighted by Crippen LogP contribution is 2.11. The third-order valence-corrected chi connectivity index (χ3v) is 1.16. The van der Waals surface area contributed by atoms with Crippen molar-refractivity contribution in [3.8, 4) is 0 Å². The van der Waals surface area contributed by atoms with Crippen LogP contribution >= 0.6 is 0 Å². The quantitative estimate of drug-likeness (QED) is 0.386. The van der Waals surface area contributed by atoms with Crippen molar-refractivity contribution in [2.24, 2.45) is 0 Å². The zero-order valence-corrected chi connectivity index (χ0v) is 5.66. The molecule has 3 N–H and O–H groups in total. The molecule has 0 unspecified atom stereocenters. The van der Waals surface area contributed by atoms with Crippen molar-refractivity contribution in [3.63, 3.8) is 0 Å². The third kappa shape index (κ3) is 7.61. The van der Waals surface area contributed by atoms with Gasteiger partial charge in [0.15, 0.2) is 0 Å². The molecular formula is C5H11BO4. The predicted octanol–water partition coefficient (Wildman–Crippen LogP) is -0.922. The maximum atomic E-state index is 10.2. The largest absolute Gasteiger partial charge is 0.631 e. The van der Waals surface area contributed by atoms with Gasteiger partial charge in [0, 0.05) is 12.8 Å². The average Bonchev–Trinajstić information content (AvgIpc) is 2.15. The molecule has 10 heavy (non-hydrogen) atoms. The Morgan fingerprint density at radius 2 is 1.40 bits per heavy atom. The second kappa shape index (κ2) is 5.40. The summed E-state index contributed by atoms with van der Waals surface area (Å²) in [5.41, 5.74) is 0. The van der Waals surface area contributed by atoms with Crippen molar-refractivity contribution in [2.75, 3.05) is 0 Å². The molecule has 1 fully saturated rings. The van der Waals surface area contributed by atoms with Crippen LogP contribution in [0.15, 0.2) is 0 Å². The SMILES string of the molecule is O=C1CCCC1.OB(O)O. The van der Waals surface area contributed by atoms with E-state index in [2.05, 4.69) is 0 Å². The Labute approximate surface area is 59.7 Å². The Hall–Kier alpha value is -0.385. The van der Waals surface area contributed by atoms with E-state index in [0.717, 1.165) is 25.7 Å². The summed E-state index contributed by atoms with van der Waals surface area (Å²) in [6.45, 7) is 0. The Balaban J connectivity index is 0.000000180. The summed E-state index contributed by atoms with van der Waals surface area (Å²) in [6, 6.07) is 0. The summed E-state index contributed by atoms with van der Waals surface area (Å²) in [6.07, 6.45) is 3.97. The third-order valence-electron chi connectivity index (χ3n) is 1.16. The molecule has 1 saturated carbocycles. The molecule has 0 atom stereocenters. The van der Waals surface area contributed by atoms with Crippen LogP contribution in [0, 0.1) is 0 Å². The van der Waals surface area contributed by atoms with Gasteiger partial charge in [0.05, 0.1) is 0 Å². The first-order valence-corrected chi connectivity index (χ1v) is 3.19. The van der Waals surface area contributed by atoms with E-state index >= 15 is 0 Å². The number of ketones is 1. The normalized spacial score (nSPS) is 16.1. The molecule has 0 heterocycles. The molecule has 1 aliphatic rings. The van der Waals surface area contributed by atoms with Gasteiger partial charge in [-0.15, -0.1) is 0 Å². The fourth-order valence-electron chi connectivity index (χ4n) is 0.769. The van der Waals surface area contributed by atoms with Gasteiger partial charge in [0.25, 0.3) is 0 Å². The van der Waals surface area contributed by atoms with Crippen molar-refractivity contribution in [2.45, 2.75) is 25.7 Å².